The Bertz CT molecular complexity index is 402. The van der Waals surface area contributed by atoms with Crippen LogP contribution in [0.25, 0.3) is 0 Å². The molecular formula is C15H25N3O. The van der Waals surface area contributed by atoms with Crippen molar-refractivity contribution < 1.29 is 4.74 Å². The fourth-order valence-corrected chi connectivity index (χ4v) is 3.25. The number of nitrogens with two attached hydrogens (primary N) is 1. The molecule has 4 heteroatoms. The average molecular weight is 263 g/mol. The lowest BCUT2D eigenvalue weighted by Crippen LogP contribution is -2.53. The maximum atomic E-state index is 5.92. The number of nitrogen functional groups attached to an aromatic ring is 1. The smallest absolute Gasteiger partial charge is 0.123 e. The second kappa shape index (κ2) is 6.35. The molecule has 3 N–H and O–H groups in total. The van der Waals surface area contributed by atoms with Gasteiger partial charge in [0.05, 0.1) is 5.60 Å². The molecule has 1 heterocycles. The summed E-state index contributed by atoms with van der Waals surface area (Å²) in [5, 5.41) is 3.45. The molecule has 1 aromatic rings. The zero-order chi connectivity index (χ0) is 13.7. The van der Waals surface area contributed by atoms with Crippen molar-refractivity contribution in [3.63, 3.8) is 0 Å². The first-order valence-electron chi connectivity index (χ1n) is 7.13. The Morgan fingerprint density at radius 1 is 1.42 bits per heavy atom. The van der Waals surface area contributed by atoms with E-state index in [-0.39, 0.29) is 5.60 Å². The van der Waals surface area contributed by atoms with Crippen LogP contribution in [0.1, 0.15) is 37.7 Å². The van der Waals surface area contributed by atoms with Gasteiger partial charge < -0.3 is 15.8 Å². The van der Waals surface area contributed by atoms with E-state index in [1.165, 1.54) is 24.8 Å². The lowest BCUT2D eigenvalue weighted by Gasteiger charge is -2.42. The zero-order valence-corrected chi connectivity index (χ0v) is 12.0. The standard InChI is InChI=1S/C15H25N3O/c1-17-13(10-12-6-9-18-14(16)11-12)15(19-2)7-4-3-5-8-15/h6,9,11,13,17H,3-5,7-8,10H2,1-2H3,(H2,16,18). The van der Waals surface area contributed by atoms with E-state index in [1.807, 2.05) is 26.3 Å². The second-order valence-corrected chi connectivity index (χ2v) is 5.46. The van der Waals surface area contributed by atoms with E-state index >= 15 is 0 Å². The lowest BCUT2D eigenvalue weighted by atomic mass is 9.77. The number of rotatable bonds is 5. The highest BCUT2D eigenvalue weighted by Crippen LogP contribution is 2.35. The van der Waals surface area contributed by atoms with Crippen molar-refractivity contribution in [2.45, 2.75) is 50.2 Å². The number of likely N-dealkylation sites (N-methyl/N-ethyl adjacent to an activating group) is 1. The molecule has 0 spiro atoms. The molecule has 106 valence electrons. The first kappa shape index (κ1) is 14.3. The number of hydrogen-bond acceptors (Lipinski definition) is 4. The molecule has 0 bridgehead atoms. The zero-order valence-electron chi connectivity index (χ0n) is 12.0. The Kier molecular flexibility index (Phi) is 4.77. The minimum absolute atomic E-state index is 0.0367. The van der Waals surface area contributed by atoms with Gasteiger partial charge in [-0.3, -0.25) is 0 Å². The van der Waals surface area contributed by atoms with Crippen LogP contribution in [0.2, 0.25) is 0 Å². The predicted molar refractivity (Wildman–Crippen MR) is 78.0 cm³/mol. The first-order valence-corrected chi connectivity index (χ1v) is 7.13. The molecule has 0 aliphatic heterocycles. The molecule has 0 amide bonds. The highest BCUT2D eigenvalue weighted by molar-refractivity contribution is 5.32. The molecule has 1 aromatic heterocycles. The Balaban J connectivity index is 2.14. The van der Waals surface area contributed by atoms with Crippen molar-refractivity contribution >= 4 is 5.82 Å². The third-order valence-corrected chi connectivity index (χ3v) is 4.38. The SMILES string of the molecule is CNC(Cc1ccnc(N)c1)C1(OC)CCCCC1. The number of aromatic nitrogens is 1. The van der Waals surface area contributed by atoms with Gasteiger partial charge in [-0.05, 0) is 44.0 Å². The molecule has 0 radical (unpaired) electrons. The molecular weight excluding hydrogens is 238 g/mol. The van der Waals surface area contributed by atoms with Crippen molar-refractivity contribution in [1.29, 1.82) is 0 Å². The topological polar surface area (TPSA) is 60.2 Å². The molecule has 2 rings (SSSR count). The van der Waals surface area contributed by atoms with Gasteiger partial charge in [-0.1, -0.05) is 19.3 Å². The van der Waals surface area contributed by atoms with Gasteiger partial charge in [0.15, 0.2) is 0 Å². The number of nitrogens with zero attached hydrogens (tertiary/aromatic N) is 1. The summed E-state index contributed by atoms with van der Waals surface area (Å²) in [7, 11) is 3.86. The highest BCUT2D eigenvalue weighted by atomic mass is 16.5. The van der Waals surface area contributed by atoms with Gasteiger partial charge in [0.1, 0.15) is 5.82 Å². The number of nitrogens with one attached hydrogen (secondary N) is 1. The van der Waals surface area contributed by atoms with E-state index in [1.54, 1.807) is 6.20 Å². The van der Waals surface area contributed by atoms with Crippen LogP contribution in [0.4, 0.5) is 5.82 Å². The van der Waals surface area contributed by atoms with Crippen LogP contribution < -0.4 is 11.1 Å². The minimum Gasteiger partial charge on any atom is -0.384 e. The van der Waals surface area contributed by atoms with Gasteiger partial charge in [0.2, 0.25) is 0 Å². The summed E-state index contributed by atoms with van der Waals surface area (Å²) in [5.74, 6) is 0.586. The van der Waals surface area contributed by atoms with Crippen LogP contribution in [-0.2, 0) is 11.2 Å². The largest absolute Gasteiger partial charge is 0.384 e. The van der Waals surface area contributed by atoms with Gasteiger partial charge in [0.25, 0.3) is 0 Å². The molecule has 4 nitrogen and oxygen atoms in total. The van der Waals surface area contributed by atoms with Crippen molar-refractivity contribution in [1.82, 2.24) is 10.3 Å². The fourth-order valence-electron chi connectivity index (χ4n) is 3.25. The molecule has 1 aliphatic carbocycles. The first-order chi connectivity index (χ1) is 9.20. The van der Waals surface area contributed by atoms with E-state index in [4.69, 9.17) is 10.5 Å². The van der Waals surface area contributed by atoms with Gasteiger partial charge in [-0.25, -0.2) is 4.98 Å². The number of pyridine rings is 1. The number of hydrogen-bond donors (Lipinski definition) is 2. The molecule has 1 aliphatic rings. The second-order valence-electron chi connectivity index (χ2n) is 5.46. The molecule has 1 unspecified atom stereocenters. The summed E-state index contributed by atoms with van der Waals surface area (Å²) in [4.78, 5) is 4.05. The van der Waals surface area contributed by atoms with Crippen LogP contribution in [0, 0.1) is 0 Å². The van der Waals surface area contributed by atoms with E-state index in [9.17, 15) is 0 Å². The maximum absolute atomic E-state index is 5.92. The summed E-state index contributed by atoms with van der Waals surface area (Å²) in [5.41, 5.74) is 6.94. The summed E-state index contributed by atoms with van der Waals surface area (Å²) >= 11 is 0. The number of ether oxygens (including phenoxy) is 1. The van der Waals surface area contributed by atoms with Crippen LogP contribution in [0.3, 0.4) is 0 Å². The third-order valence-electron chi connectivity index (χ3n) is 4.38. The van der Waals surface area contributed by atoms with E-state index in [2.05, 4.69) is 10.3 Å². The number of anilines is 1. The van der Waals surface area contributed by atoms with Gasteiger partial charge in [-0.2, -0.15) is 0 Å². The fraction of sp³-hybridized carbons (Fsp3) is 0.667. The summed E-state index contributed by atoms with van der Waals surface area (Å²) < 4.78 is 5.92. The molecule has 19 heavy (non-hydrogen) atoms. The normalized spacial score (nSPS) is 20.1. The summed E-state index contributed by atoms with van der Waals surface area (Å²) in [6, 6.07) is 4.31. The van der Waals surface area contributed by atoms with Crippen molar-refractivity contribution in [2.24, 2.45) is 0 Å². The van der Waals surface area contributed by atoms with Gasteiger partial charge >= 0.3 is 0 Å². The highest BCUT2D eigenvalue weighted by Gasteiger charge is 2.39. The average Bonchev–Trinajstić information content (AvgIpc) is 2.45. The van der Waals surface area contributed by atoms with Gasteiger partial charge in [-0.15, -0.1) is 0 Å². The third kappa shape index (κ3) is 3.25. The van der Waals surface area contributed by atoms with Crippen molar-refractivity contribution in [3.05, 3.63) is 23.9 Å². The maximum Gasteiger partial charge on any atom is 0.123 e. The van der Waals surface area contributed by atoms with Gasteiger partial charge in [0, 0.05) is 19.3 Å². The predicted octanol–water partition coefficient (Wildman–Crippen LogP) is 2.14. The minimum atomic E-state index is -0.0367. The van der Waals surface area contributed by atoms with Crippen LogP contribution in [0.15, 0.2) is 18.3 Å². The monoisotopic (exact) mass is 263 g/mol. The Morgan fingerprint density at radius 3 is 2.74 bits per heavy atom. The Morgan fingerprint density at radius 2 is 2.16 bits per heavy atom. The Labute approximate surface area is 115 Å². The van der Waals surface area contributed by atoms with Crippen molar-refractivity contribution in [2.75, 3.05) is 19.9 Å². The van der Waals surface area contributed by atoms with E-state index in [0.29, 0.717) is 11.9 Å². The quantitative estimate of drug-likeness (QED) is 0.854. The van der Waals surface area contributed by atoms with Crippen LogP contribution >= 0.6 is 0 Å². The molecule has 0 aromatic carbocycles. The van der Waals surface area contributed by atoms with Crippen molar-refractivity contribution in [3.8, 4) is 0 Å². The van der Waals surface area contributed by atoms with E-state index < -0.39 is 0 Å². The molecule has 1 saturated carbocycles. The molecule has 0 saturated heterocycles. The van der Waals surface area contributed by atoms with Crippen LogP contribution in [-0.4, -0.2) is 30.8 Å². The van der Waals surface area contributed by atoms with E-state index in [0.717, 1.165) is 19.3 Å². The lowest BCUT2D eigenvalue weighted by molar-refractivity contribution is -0.0657. The number of methoxy groups -OCH3 is 1. The molecule has 1 atom stereocenters. The Hall–Kier alpha value is -1.13. The summed E-state index contributed by atoms with van der Waals surface area (Å²) in [6.07, 6.45) is 8.80. The molecule has 1 fully saturated rings. The van der Waals surface area contributed by atoms with Crippen LogP contribution in [0.5, 0.6) is 0 Å². The summed E-state index contributed by atoms with van der Waals surface area (Å²) in [6.45, 7) is 0.